The Kier molecular flexibility index (Phi) is 5.25. The van der Waals surface area contributed by atoms with Gasteiger partial charge >= 0.3 is 0 Å². The zero-order chi connectivity index (χ0) is 19.4. The third-order valence-corrected chi connectivity index (χ3v) is 3.67. The van der Waals surface area contributed by atoms with Crippen molar-refractivity contribution in [1.82, 2.24) is 4.98 Å². The number of benzene rings is 2. The molecule has 0 unspecified atom stereocenters. The summed E-state index contributed by atoms with van der Waals surface area (Å²) in [5.74, 6) is -4.80. The van der Waals surface area contributed by atoms with E-state index >= 15 is 0 Å². The van der Waals surface area contributed by atoms with Crippen LogP contribution in [-0.2, 0) is 0 Å². The molecule has 1 aromatic heterocycles. The number of hydrogen-bond donors (Lipinski definition) is 2. The molecule has 0 spiro atoms. The Morgan fingerprint density at radius 2 is 1.78 bits per heavy atom. The molecular weight excluding hydrogens is 359 g/mol. The SMILES string of the molecule is COc1ccccc1Nc1ccc(NC(=O)c2ccc(F)c(F)c2F)nc1. The second kappa shape index (κ2) is 7.77. The Hall–Kier alpha value is -3.55. The van der Waals surface area contributed by atoms with Gasteiger partial charge in [0.05, 0.1) is 30.2 Å². The van der Waals surface area contributed by atoms with Crippen molar-refractivity contribution in [2.24, 2.45) is 0 Å². The van der Waals surface area contributed by atoms with Gasteiger partial charge in [0.25, 0.3) is 5.91 Å². The Morgan fingerprint density at radius 3 is 2.48 bits per heavy atom. The Bertz CT molecular complexity index is 978. The van der Waals surface area contributed by atoms with Gasteiger partial charge in [-0.2, -0.15) is 0 Å². The highest BCUT2D eigenvalue weighted by molar-refractivity contribution is 6.04. The second-order valence-electron chi connectivity index (χ2n) is 5.43. The van der Waals surface area contributed by atoms with Gasteiger partial charge in [-0.15, -0.1) is 0 Å². The van der Waals surface area contributed by atoms with Gasteiger partial charge in [0.2, 0.25) is 0 Å². The van der Waals surface area contributed by atoms with E-state index in [1.54, 1.807) is 19.2 Å². The molecule has 0 aliphatic rings. The summed E-state index contributed by atoms with van der Waals surface area (Å²) >= 11 is 0. The lowest BCUT2D eigenvalue weighted by molar-refractivity contribution is 0.102. The predicted molar refractivity (Wildman–Crippen MR) is 94.8 cm³/mol. The second-order valence-corrected chi connectivity index (χ2v) is 5.43. The molecule has 0 atom stereocenters. The molecule has 0 bridgehead atoms. The fraction of sp³-hybridized carbons (Fsp3) is 0.0526. The van der Waals surface area contributed by atoms with E-state index in [4.69, 9.17) is 4.74 Å². The van der Waals surface area contributed by atoms with Crippen LogP contribution in [0.3, 0.4) is 0 Å². The summed E-state index contributed by atoms with van der Waals surface area (Å²) in [5, 5.41) is 5.43. The zero-order valence-corrected chi connectivity index (χ0v) is 14.1. The molecule has 3 rings (SSSR count). The number of nitrogens with zero attached hydrogens (tertiary/aromatic N) is 1. The summed E-state index contributed by atoms with van der Waals surface area (Å²) in [7, 11) is 1.55. The third-order valence-electron chi connectivity index (χ3n) is 3.67. The van der Waals surface area contributed by atoms with Crippen LogP contribution in [0.4, 0.5) is 30.4 Å². The number of hydrogen-bond acceptors (Lipinski definition) is 4. The molecule has 138 valence electrons. The van der Waals surface area contributed by atoms with Gasteiger partial charge in [0.1, 0.15) is 11.6 Å². The fourth-order valence-electron chi connectivity index (χ4n) is 2.33. The van der Waals surface area contributed by atoms with Gasteiger partial charge in [-0.25, -0.2) is 18.2 Å². The quantitative estimate of drug-likeness (QED) is 0.647. The minimum atomic E-state index is -1.70. The molecular formula is C19H14F3N3O2. The minimum absolute atomic E-state index is 0.120. The summed E-state index contributed by atoms with van der Waals surface area (Å²) in [4.78, 5) is 16.1. The van der Waals surface area contributed by atoms with E-state index in [1.807, 2.05) is 18.2 Å². The number of pyridine rings is 1. The Balaban J connectivity index is 1.72. The van der Waals surface area contributed by atoms with Crippen LogP contribution in [0.5, 0.6) is 5.75 Å². The van der Waals surface area contributed by atoms with Crippen LogP contribution in [0.25, 0.3) is 0 Å². The lowest BCUT2D eigenvalue weighted by atomic mass is 10.2. The summed E-state index contributed by atoms with van der Waals surface area (Å²) in [5.41, 5.74) is 0.728. The van der Waals surface area contributed by atoms with E-state index in [0.717, 1.165) is 11.8 Å². The number of methoxy groups -OCH3 is 1. The summed E-state index contributed by atoms with van der Waals surface area (Å²) in [6, 6.07) is 11.9. The van der Waals surface area contributed by atoms with Gasteiger partial charge in [-0.3, -0.25) is 4.79 Å². The van der Waals surface area contributed by atoms with Crippen LogP contribution in [-0.4, -0.2) is 18.0 Å². The molecule has 2 aromatic carbocycles. The molecule has 0 radical (unpaired) electrons. The molecule has 8 heteroatoms. The first kappa shape index (κ1) is 18.2. The van der Waals surface area contributed by atoms with Crippen molar-refractivity contribution < 1.29 is 22.7 Å². The smallest absolute Gasteiger partial charge is 0.259 e. The number of nitrogens with one attached hydrogen (secondary N) is 2. The molecule has 0 saturated heterocycles. The average Bonchev–Trinajstić information content (AvgIpc) is 2.68. The fourth-order valence-corrected chi connectivity index (χ4v) is 2.33. The number of anilines is 3. The molecule has 1 heterocycles. The average molecular weight is 373 g/mol. The first-order valence-corrected chi connectivity index (χ1v) is 7.80. The summed E-state index contributed by atoms with van der Waals surface area (Å²) in [6.45, 7) is 0. The van der Waals surface area contributed by atoms with E-state index in [1.165, 1.54) is 12.3 Å². The maximum absolute atomic E-state index is 13.7. The molecule has 0 aliphatic carbocycles. The number of carbonyl (C=O) groups excluding carboxylic acids is 1. The molecule has 5 nitrogen and oxygen atoms in total. The van der Waals surface area contributed by atoms with Crippen molar-refractivity contribution in [1.29, 1.82) is 0 Å². The number of halogens is 3. The minimum Gasteiger partial charge on any atom is -0.495 e. The van der Waals surface area contributed by atoms with E-state index in [0.29, 0.717) is 17.5 Å². The van der Waals surface area contributed by atoms with Crippen molar-refractivity contribution in [2.45, 2.75) is 0 Å². The van der Waals surface area contributed by atoms with E-state index in [2.05, 4.69) is 15.6 Å². The highest BCUT2D eigenvalue weighted by atomic mass is 19.2. The predicted octanol–water partition coefficient (Wildman–Crippen LogP) is 4.50. The topological polar surface area (TPSA) is 63.2 Å². The Labute approximate surface area is 152 Å². The van der Waals surface area contributed by atoms with Crippen molar-refractivity contribution >= 4 is 23.1 Å². The molecule has 27 heavy (non-hydrogen) atoms. The van der Waals surface area contributed by atoms with Crippen molar-refractivity contribution in [3.8, 4) is 5.75 Å². The lowest BCUT2D eigenvalue weighted by Gasteiger charge is -2.11. The molecule has 0 aliphatic heterocycles. The van der Waals surface area contributed by atoms with Crippen LogP contribution in [0.15, 0.2) is 54.7 Å². The third kappa shape index (κ3) is 4.00. The number of rotatable bonds is 5. The van der Waals surface area contributed by atoms with Gasteiger partial charge in [-0.1, -0.05) is 12.1 Å². The van der Waals surface area contributed by atoms with Crippen LogP contribution in [0.1, 0.15) is 10.4 Å². The standard InChI is InChI=1S/C19H14F3N3O2/c1-27-15-5-3-2-4-14(15)24-11-6-9-16(23-10-11)25-19(26)12-7-8-13(20)18(22)17(12)21/h2-10,24H,1H3,(H,23,25,26). The van der Waals surface area contributed by atoms with Gasteiger partial charge in [0, 0.05) is 0 Å². The van der Waals surface area contributed by atoms with Crippen LogP contribution in [0.2, 0.25) is 0 Å². The maximum atomic E-state index is 13.7. The number of amides is 1. The first-order valence-electron chi connectivity index (χ1n) is 7.80. The van der Waals surface area contributed by atoms with Gasteiger partial charge < -0.3 is 15.4 Å². The van der Waals surface area contributed by atoms with Gasteiger partial charge in [-0.05, 0) is 36.4 Å². The van der Waals surface area contributed by atoms with Crippen molar-refractivity contribution in [3.63, 3.8) is 0 Å². The Morgan fingerprint density at radius 1 is 1.00 bits per heavy atom. The summed E-state index contributed by atoms with van der Waals surface area (Å²) in [6.07, 6.45) is 1.45. The number of carbonyl (C=O) groups is 1. The van der Waals surface area contributed by atoms with E-state index in [-0.39, 0.29) is 5.82 Å². The number of para-hydroxylation sites is 2. The monoisotopic (exact) mass is 373 g/mol. The number of ether oxygens (including phenoxy) is 1. The normalized spacial score (nSPS) is 10.4. The highest BCUT2D eigenvalue weighted by Gasteiger charge is 2.19. The molecule has 1 amide bonds. The molecule has 0 fully saturated rings. The van der Waals surface area contributed by atoms with Crippen molar-refractivity contribution in [2.75, 3.05) is 17.7 Å². The van der Waals surface area contributed by atoms with Crippen LogP contribution in [0, 0.1) is 17.5 Å². The van der Waals surface area contributed by atoms with E-state index < -0.39 is 28.9 Å². The van der Waals surface area contributed by atoms with Gasteiger partial charge in [0.15, 0.2) is 17.5 Å². The van der Waals surface area contributed by atoms with Crippen molar-refractivity contribution in [3.05, 3.63) is 77.7 Å². The molecule has 0 saturated carbocycles. The molecule has 2 N–H and O–H groups in total. The van der Waals surface area contributed by atoms with Crippen LogP contribution >= 0.6 is 0 Å². The van der Waals surface area contributed by atoms with Crippen LogP contribution < -0.4 is 15.4 Å². The maximum Gasteiger partial charge on any atom is 0.259 e. The first-order chi connectivity index (χ1) is 13.0. The highest BCUT2D eigenvalue weighted by Crippen LogP contribution is 2.27. The zero-order valence-electron chi connectivity index (χ0n) is 14.1. The number of aromatic nitrogens is 1. The molecule has 3 aromatic rings. The lowest BCUT2D eigenvalue weighted by Crippen LogP contribution is -2.16. The summed E-state index contributed by atoms with van der Waals surface area (Å²) < 4.78 is 45.1. The largest absolute Gasteiger partial charge is 0.495 e. The van der Waals surface area contributed by atoms with E-state index in [9.17, 15) is 18.0 Å².